The van der Waals surface area contributed by atoms with Gasteiger partial charge in [0.25, 0.3) is 0 Å². The van der Waals surface area contributed by atoms with E-state index < -0.39 is 0 Å². The van der Waals surface area contributed by atoms with E-state index in [0.717, 1.165) is 45.7 Å². The largest absolute Gasteiger partial charge is 0.469 e. The molecular formula is C13H30N4O2. The molecule has 0 aromatic rings. The highest BCUT2D eigenvalue weighted by atomic mass is 16.5. The lowest BCUT2D eigenvalue weighted by atomic mass is 10.3. The van der Waals surface area contributed by atoms with E-state index in [1.165, 1.54) is 7.11 Å². The van der Waals surface area contributed by atoms with Gasteiger partial charge in [-0.2, -0.15) is 0 Å². The summed E-state index contributed by atoms with van der Waals surface area (Å²) in [6.45, 7) is 6.40. The first-order valence-electron chi connectivity index (χ1n) is 6.94. The van der Waals surface area contributed by atoms with Gasteiger partial charge in [-0.25, -0.2) is 0 Å². The Labute approximate surface area is 117 Å². The van der Waals surface area contributed by atoms with Gasteiger partial charge in [-0.15, -0.1) is 0 Å². The molecule has 0 rings (SSSR count). The van der Waals surface area contributed by atoms with Crippen LogP contribution in [0.1, 0.15) is 12.8 Å². The molecule has 3 N–H and O–H groups in total. The van der Waals surface area contributed by atoms with Crippen molar-refractivity contribution in [2.45, 2.75) is 12.8 Å². The van der Waals surface area contributed by atoms with Crippen LogP contribution in [0.3, 0.4) is 0 Å². The molecule has 0 aliphatic rings. The van der Waals surface area contributed by atoms with E-state index in [9.17, 15) is 4.79 Å². The topological polar surface area (TPSA) is 70.8 Å². The van der Waals surface area contributed by atoms with Crippen molar-refractivity contribution in [3.63, 3.8) is 0 Å². The van der Waals surface area contributed by atoms with E-state index in [1.54, 1.807) is 0 Å². The maximum atomic E-state index is 10.9. The van der Waals surface area contributed by atoms with Gasteiger partial charge < -0.3 is 25.6 Å². The van der Waals surface area contributed by atoms with E-state index in [0.29, 0.717) is 13.0 Å². The van der Waals surface area contributed by atoms with E-state index in [-0.39, 0.29) is 5.97 Å². The smallest absolute Gasteiger partial charge is 0.306 e. The highest BCUT2D eigenvalue weighted by molar-refractivity contribution is 5.69. The molecule has 6 nitrogen and oxygen atoms in total. The summed E-state index contributed by atoms with van der Waals surface area (Å²) >= 11 is 0. The van der Waals surface area contributed by atoms with Crippen molar-refractivity contribution < 1.29 is 9.53 Å². The molecule has 0 aromatic carbocycles. The number of hydrogen-bond donors (Lipinski definition) is 2. The lowest BCUT2D eigenvalue weighted by Gasteiger charge is -2.20. The first-order chi connectivity index (χ1) is 9.10. The number of rotatable bonds is 12. The van der Waals surface area contributed by atoms with Crippen LogP contribution < -0.4 is 11.1 Å². The van der Waals surface area contributed by atoms with E-state index in [2.05, 4.69) is 33.9 Å². The predicted molar refractivity (Wildman–Crippen MR) is 78.2 cm³/mol. The fraction of sp³-hybridized carbons (Fsp3) is 0.923. The first kappa shape index (κ1) is 18.3. The second-order valence-electron chi connectivity index (χ2n) is 4.82. The summed E-state index contributed by atoms with van der Waals surface area (Å²) in [6.07, 6.45) is 1.58. The molecule has 6 heteroatoms. The molecule has 0 bridgehead atoms. The van der Waals surface area contributed by atoms with E-state index in [1.807, 2.05) is 0 Å². The number of ether oxygens (including phenoxy) is 1. The Bertz CT molecular complexity index is 227. The maximum Gasteiger partial charge on any atom is 0.306 e. The molecule has 0 aromatic heterocycles. The van der Waals surface area contributed by atoms with Crippen LogP contribution in [0.15, 0.2) is 0 Å². The van der Waals surface area contributed by atoms with Crippen LogP contribution in [0.5, 0.6) is 0 Å². The third-order valence-electron chi connectivity index (χ3n) is 2.99. The molecule has 0 amide bonds. The van der Waals surface area contributed by atoms with Gasteiger partial charge in [0.05, 0.1) is 13.5 Å². The van der Waals surface area contributed by atoms with Crippen LogP contribution in [0.4, 0.5) is 0 Å². The fourth-order valence-electron chi connectivity index (χ4n) is 1.74. The van der Waals surface area contributed by atoms with Gasteiger partial charge in [0.2, 0.25) is 0 Å². The molecule has 19 heavy (non-hydrogen) atoms. The van der Waals surface area contributed by atoms with Crippen molar-refractivity contribution in [3.8, 4) is 0 Å². The first-order valence-corrected chi connectivity index (χ1v) is 6.94. The third kappa shape index (κ3) is 12.1. The molecule has 0 aliphatic heterocycles. The summed E-state index contributed by atoms with van der Waals surface area (Å²) in [6, 6.07) is 0. The second kappa shape index (κ2) is 12.3. The molecule has 0 aliphatic carbocycles. The van der Waals surface area contributed by atoms with Gasteiger partial charge in [-0.05, 0) is 33.6 Å². The summed E-state index contributed by atoms with van der Waals surface area (Å²) in [4.78, 5) is 15.4. The zero-order valence-corrected chi connectivity index (χ0v) is 12.7. The quantitative estimate of drug-likeness (QED) is 0.364. The molecular weight excluding hydrogens is 244 g/mol. The molecule has 0 radical (unpaired) electrons. The van der Waals surface area contributed by atoms with E-state index >= 15 is 0 Å². The Hall–Kier alpha value is -0.690. The van der Waals surface area contributed by atoms with Crippen molar-refractivity contribution in [2.75, 3.05) is 67.0 Å². The number of methoxy groups -OCH3 is 1. The van der Waals surface area contributed by atoms with Crippen molar-refractivity contribution in [2.24, 2.45) is 5.73 Å². The van der Waals surface area contributed by atoms with Gasteiger partial charge in [-0.1, -0.05) is 0 Å². The average molecular weight is 274 g/mol. The number of carbonyl (C=O) groups is 1. The number of esters is 1. The summed E-state index contributed by atoms with van der Waals surface area (Å²) in [5.41, 5.74) is 5.49. The summed E-state index contributed by atoms with van der Waals surface area (Å²) < 4.78 is 4.57. The maximum absolute atomic E-state index is 10.9. The van der Waals surface area contributed by atoms with Crippen LogP contribution in [-0.2, 0) is 9.53 Å². The number of nitrogens with zero attached hydrogens (tertiary/aromatic N) is 2. The third-order valence-corrected chi connectivity index (χ3v) is 2.99. The lowest BCUT2D eigenvalue weighted by Crippen LogP contribution is -2.33. The Kier molecular flexibility index (Phi) is 11.9. The number of nitrogens with two attached hydrogens (primary N) is 1. The monoisotopic (exact) mass is 274 g/mol. The van der Waals surface area contributed by atoms with Crippen LogP contribution in [0, 0.1) is 0 Å². The van der Waals surface area contributed by atoms with Gasteiger partial charge in [0, 0.05) is 32.7 Å². The predicted octanol–water partition coefficient (Wildman–Crippen LogP) is -0.648. The Morgan fingerprint density at radius 2 is 1.74 bits per heavy atom. The normalized spacial score (nSPS) is 11.3. The SMILES string of the molecule is COC(=O)CCNCCN(C)CCCN(C)CCN. The molecule has 0 unspecified atom stereocenters. The minimum atomic E-state index is -0.163. The molecule has 114 valence electrons. The Morgan fingerprint density at radius 3 is 2.32 bits per heavy atom. The van der Waals surface area contributed by atoms with Crippen LogP contribution in [0.2, 0.25) is 0 Å². The molecule has 0 fully saturated rings. The van der Waals surface area contributed by atoms with Gasteiger partial charge in [-0.3, -0.25) is 4.79 Å². The number of carbonyl (C=O) groups excluding carboxylic acids is 1. The Morgan fingerprint density at radius 1 is 1.11 bits per heavy atom. The van der Waals surface area contributed by atoms with Gasteiger partial charge in [0.1, 0.15) is 0 Å². The van der Waals surface area contributed by atoms with Gasteiger partial charge in [0.15, 0.2) is 0 Å². The highest BCUT2D eigenvalue weighted by Gasteiger charge is 2.01. The minimum absolute atomic E-state index is 0.163. The standard InChI is InChI=1S/C13H30N4O2/c1-16(11-6-14)9-4-10-17(2)12-8-15-7-5-13(18)19-3/h15H,4-12,14H2,1-3H3. The van der Waals surface area contributed by atoms with E-state index in [4.69, 9.17) is 5.73 Å². The number of nitrogens with one attached hydrogen (secondary N) is 1. The Balaban J connectivity index is 3.34. The molecule has 0 atom stereocenters. The summed E-state index contributed by atoms with van der Waals surface area (Å²) in [5.74, 6) is -0.163. The number of likely N-dealkylation sites (N-methyl/N-ethyl adjacent to an activating group) is 2. The minimum Gasteiger partial charge on any atom is -0.469 e. The summed E-state index contributed by atoms with van der Waals surface area (Å²) in [5, 5.41) is 3.23. The van der Waals surface area contributed by atoms with Gasteiger partial charge >= 0.3 is 5.97 Å². The fourth-order valence-corrected chi connectivity index (χ4v) is 1.74. The zero-order chi connectivity index (χ0) is 14.5. The second-order valence-corrected chi connectivity index (χ2v) is 4.82. The summed E-state index contributed by atoms with van der Waals surface area (Å²) in [7, 11) is 5.63. The van der Waals surface area contributed by atoms with Crippen molar-refractivity contribution in [1.29, 1.82) is 0 Å². The molecule has 0 heterocycles. The molecule has 0 saturated heterocycles. The number of hydrogen-bond acceptors (Lipinski definition) is 6. The van der Waals surface area contributed by atoms with Crippen molar-refractivity contribution in [1.82, 2.24) is 15.1 Å². The van der Waals surface area contributed by atoms with Crippen LogP contribution in [-0.4, -0.2) is 82.8 Å². The van der Waals surface area contributed by atoms with Crippen molar-refractivity contribution in [3.05, 3.63) is 0 Å². The van der Waals surface area contributed by atoms with Crippen LogP contribution in [0.25, 0.3) is 0 Å². The van der Waals surface area contributed by atoms with Crippen LogP contribution >= 0.6 is 0 Å². The average Bonchev–Trinajstić information content (AvgIpc) is 2.38. The highest BCUT2D eigenvalue weighted by Crippen LogP contribution is 1.90. The lowest BCUT2D eigenvalue weighted by molar-refractivity contribution is -0.140. The zero-order valence-electron chi connectivity index (χ0n) is 12.7. The van der Waals surface area contributed by atoms with Crippen molar-refractivity contribution >= 4 is 5.97 Å². The molecule has 0 spiro atoms. The molecule has 0 saturated carbocycles.